The SMILES string of the molecule is CCOc1ccc(F)c(-c2ccc(C(=O)OC)cc2C2=CCCC2(C)C)c1.COC(=O)c1ccc(-c2cc(C)ccc2F)c(C2CCCC2(C)C)c1. The molecule has 2 aliphatic rings. The van der Waals surface area contributed by atoms with Crippen LogP contribution in [0.25, 0.3) is 27.8 Å². The van der Waals surface area contributed by atoms with Gasteiger partial charge in [-0.05, 0) is 139 Å². The van der Waals surface area contributed by atoms with E-state index in [0.29, 0.717) is 40.5 Å². The fourth-order valence-corrected chi connectivity index (χ4v) is 7.77. The van der Waals surface area contributed by atoms with Crippen molar-refractivity contribution in [2.24, 2.45) is 10.8 Å². The first-order valence-electron chi connectivity index (χ1n) is 18.1. The van der Waals surface area contributed by atoms with E-state index >= 15 is 0 Å². The third kappa shape index (κ3) is 8.14. The standard InChI is InChI=1S/C23H25FO3.C22H25FO2/c1-5-27-16-9-11-21(24)19(14-16)17-10-8-15(22(25)26-4)13-18(17)20-7-6-12-23(20,2)3;1-14-7-10-20(23)18(12-14)16-9-8-15(21(24)25-4)13-17(16)19-6-5-11-22(19,2)3/h7-11,13-14H,5-6,12H2,1-4H3;7-10,12-13,19H,5-6,11H2,1-4H3. The predicted octanol–water partition coefficient (Wildman–Crippen LogP) is 11.8. The first kappa shape index (κ1) is 38.5. The van der Waals surface area contributed by atoms with Crippen molar-refractivity contribution in [1.29, 1.82) is 0 Å². The topological polar surface area (TPSA) is 61.8 Å². The number of esters is 2. The molecule has 0 amide bonds. The van der Waals surface area contributed by atoms with Crippen molar-refractivity contribution in [2.75, 3.05) is 20.8 Å². The highest BCUT2D eigenvalue weighted by atomic mass is 19.1. The Bertz CT molecular complexity index is 1990. The number of hydrogen-bond donors (Lipinski definition) is 0. The van der Waals surface area contributed by atoms with Gasteiger partial charge in [-0.3, -0.25) is 0 Å². The molecular formula is C45H50F2O5. The van der Waals surface area contributed by atoms with Gasteiger partial charge in [-0.2, -0.15) is 0 Å². The van der Waals surface area contributed by atoms with Crippen LogP contribution in [0.15, 0.2) is 78.9 Å². The van der Waals surface area contributed by atoms with E-state index in [1.807, 2.05) is 38.1 Å². The first-order chi connectivity index (χ1) is 24.7. The lowest BCUT2D eigenvalue weighted by Crippen LogP contribution is -2.17. The number of allylic oxidation sites excluding steroid dienone is 2. The Kier molecular flexibility index (Phi) is 11.7. The van der Waals surface area contributed by atoms with Gasteiger partial charge in [-0.1, -0.05) is 64.0 Å². The highest BCUT2D eigenvalue weighted by Crippen LogP contribution is 2.51. The molecule has 1 saturated carbocycles. The van der Waals surface area contributed by atoms with E-state index in [0.717, 1.165) is 65.5 Å². The molecule has 2 aliphatic carbocycles. The molecule has 0 aromatic heterocycles. The van der Waals surface area contributed by atoms with Crippen LogP contribution < -0.4 is 4.74 Å². The summed E-state index contributed by atoms with van der Waals surface area (Å²) in [6.45, 7) is 13.2. The van der Waals surface area contributed by atoms with Crippen LogP contribution in [-0.4, -0.2) is 32.8 Å². The number of carbonyl (C=O) groups is 2. The van der Waals surface area contributed by atoms with Crippen LogP contribution in [0.2, 0.25) is 0 Å². The Morgan fingerprint density at radius 3 is 1.92 bits per heavy atom. The Hall–Kier alpha value is -4.78. The van der Waals surface area contributed by atoms with E-state index in [2.05, 4.69) is 33.8 Å². The lowest BCUT2D eigenvalue weighted by molar-refractivity contribution is 0.0591. The van der Waals surface area contributed by atoms with E-state index in [1.165, 1.54) is 26.4 Å². The van der Waals surface area contributed by atoms with Gasteiger partial charge in [0.05, 0.1) is 32.0 Å². The Balaban J connectivity index is 0.000000202. The van der Waals surface area contributed by atoms with Crippen molar-refractivity contribution >= 4 is 17.5 Å². The lowest BCUT2D eigenvalue weighted by Gasteiger charge is -2.29. The summed E-state index contributed by atoms with van der Waals surface area (Å²) in [6.07, 6.45) is 7.51. The molecule has 4 aromatic carbocycles. The molecule has 0 spiro atoms. The Morgan fingerprint density at radius 2 is 1.35 bits per heavy atom. The minimum Gasteiger partial charge on any atom is -0.494 e. The number of rotatable bonds is 8. The molecule has 0 heterocycles. The molecule has 0 N–H and O–H groups in total. The smallest absolute Gasteiger partial charge is 0.337 e. The van der Waals surface area contributed by atoms with Gasteiger partial charge >= 0.3 is 11.9 Å². The van der Waals surface area contributed by atoms with Crippen LogP contribution in [0.5, 0.6) is 5.75 Å². The summed E-state index contributed by atoms with van der Waals surface area (Å²) in [5.41, 5.74) is 7.85. The van der Waals surface area contributed by atoms with Gasteiger partial charge in [0.25, 0.3) is 0 Å². The molecule has 1 fully saturated rings. The van der Waals surface area contributed by atoms with Gasteiger partial charge in [0, 0.05) is 11.1 Å². The minimum absolute atomic E-state index is 0.0441. The highest BCUT2D eigenvalue weighted by Gasteiger charge is 2.37. The van der Waals surface area contributed by atoms with Crippen LogP contribution in [0, 0.1) is 29.4 Å². The van der Waals surface area contributed by atoms with Gasteiger partial charge in [-0.25, -0.2) is 18.4 Å². The number of methoxy groups -OCH3 is 2. The third-order valence-corrected chi connectivity index (χ3v) is 10.6. The van der Waals surface area contributed by atoms with Crippen molar-refractivity contribution < 1.29 is 32.6 Å². The number of carbonyl (C=O) groups excluding carboxylic acids is 2. The summed E-state index contributed by atoms with van der Waals surface area (Å²) in [4.78, 5) is 24.1. The molecule has 52 heavy (non-hydrogen) atoms. The third-order valence-electron chi connectivity index (χ3n) is 10.6. The quantitative estimate of drug-likeness (QED) is 0.171. The average molecular weight is 709 g/mol. The summed E-state index contributed by atoms with van der Waals surface area (Å²) in [7, 11) is 2.75. The molecular weight excluding hydrogens is 658 g/mol. The lowest BCUT2D eigenvalue weighted by atomic mass is 9.75. The van der Waals surface area contributed by atoms with Crippen molar-refractivity contribution in [3.05, 3.63) is 118 Å². The number of ether oxygens (including phenoxy) is 3. The molecule has 7 heteroatoms. The summed E-state index contributed by atoms with van der Waals surface area (Å²) >= 11 is 0. The number of aryl methyl sites for hydroxylation is 1. The van der Waals surface area contributed by atoms with Gasteiger partial charge in [0.15, 0.2) is 0 Å². The summed E-state index contributed by atoms with van der Waals surface area (Å²) in [6, 6.07) is 20.7. The second-order valence-corrected chi connectivity index (χ2v) is 15.1. The second kappa shape index (κ2) is 15.9. The van der Waals surface area contributed by atoms with Crippen LogP contribution in [0.3, 0.4) is 0 Å². The maximum absolute atomic E-state index is 14.7. The molecule has 0 saturated heterocycles. The van der Waals surface area contributed by atoms with E-state index in [-0.39, 0.29) is 28.4 Å². The molecule has 1 unspecified atom stereocenters. The van der Waals surface area contributed by atoms with Gasteiger partial charge < -0.3 is 14.2 Å². The van der Waals surface area contributed by atoms with E-state index in [9.17, 15) is 18.4 Å². The van der Waals surface area contributed by atoms with Crippen LogP contribution in [0.1, 0.15) is 110 Å². The zero-order valence-electron chi connectivity index (χ0n) is 31.6. The largest absolute Gasteiger partial charge is 0.494 e. The maximum atomic E-state index is 14.7. The maximum Gasteiger partial charge on any atom is 0.337 e. The zero-order chi connectivity index (χ0) is 37.8. The monoisotopic (exact) mass is 708 g/mol. The highest BCUT2D eigenvalue weighted by molar-refractivity contribution is 5.94. The van der Waals surface area contributed by atoms with E-state index in [1.54, 1.807) is 36.4 Å². The second-order valence-electron chi connectivity index (χ2n) is 15.1. The van der Waals surface area contributed by atoms with Crippen LogP contribution in [-0.2, 0) is 9.47 Å². The summed E-state index contributed by atoms with van der Waals surface area (Å²) in [5, 5.41) is 0. The molecule has 6 rings (SSSR count). The molecule has 0 aliphatic heterocycles. The van der Waals surface area contributed by atoms with Gasteiger partial charge in [0.1, 0.15) is 17.4 Å². The fraction of sp³-hybridized carbons (Fsp3) is 0.378. The first-order valence-corrected chi connectivity index (χ1v) is 18.1. The molecule has 5 nitrogen and oxygen atoms in total. The minimum atomic E-state index is -0.400. The molecule has 0 radical (unpaired) electrons. The van der Waals surface area contributed by atoms with Crippen molar-refractivity contribution in [3.8, 4) is 28.0 Å². The van der Waals surface area contributed by atoms with E-state index in [4.69, 9.17) is 14.2 Å². The summed E-state index contributed by atoms with van der Waals surface area (Å²) < 4.78 is 44.6. The Labute approximate surface area is 307 Å². The van der Waals surface area contributed by atoms with Gasteiger partial charge in [0.2, 0.25) is 0 Å². The van der Waals surface area contributed by atoms with Crippen LogP contribution in [0.4, 0.5) is 8.78 Å². The number of benzene rings is 4. The number of halogens is 2. The van der Waals surface area contributed by atoms with Crippen molar-refractivity contribution in [1.82, 2.24) is 0 Å². The summed E-state index contributed by atoms with van der Waals surface area (Å²) in [5.74, 6) is -0.380. The Morgan fingerprint density at radius 1 is 0.731 bits per heavy atom. The van der Waals surface area contributed by atoms with Crippen molar-refractivity contribution in [2.45, 2.75) is 79.6 Å². The van der Waals surface area contributed by atoms with Crippen LogP contribution >= 0.6 is 0 Å². The molecule has 4 aromatic rings. The normalized spacial score (nSPS) is 17.1. The van der Waals surface area contributed by atoms with Gasteiger partial charge in [-0.15, -0.1) is 0 Å². The van der Waals surface area contributed by atoms with Crippen molar-refractivity contribution in [3.63, 3.8) is 0 Å². The molecule has 1 atom stereocenters. The predicted molar refractivity (Wildman–Crippen MR) is 204 cm³/mol. The zero-order valence-corrected chi connectivity index (χ0v) is 31.6. The molecule has 274 valence electrons. The fourth-order valence-electron chi connectivity index (χ4n) is 7.77. The average Bonchev–Trinajstić information content (AvgIpc) is 3.68. The van der Waals surface area contributed by atoms with E-state index < -0.39 is 5.97 Å². The number of hydrogen-bond acceptors (Lipinski definition) is 5. The molecule has 0 bridgehead atoms.